The van der Waals surface area contributed by atoms with Crippen molar-refractivity contribution in [3.8, 4) is 0 Å². The van der Waals surface area contributed by atoms with Crippen molar-refractivity contribution in [1.29, 1.82) is 0 Å². The van der Waals surface area contributed by atoms with E-state index in [0.717, 1.165) is 19.5 Å². The van der Waals surface area contributed by atoms with Gasteiger partial charge in [0.05, 0.1) is 11.3 Å². The summed E-state index contributed by atoms with van der Waals surface area (Å²) in [6.07, 6.45) is 3.49. The minimum Gasteiger partial charge on any atom is -0.478 e. The number of carbonyl (C=O) groups is 2. The number of carbonyl (C=O) groups excluding carboxylic acids is 1. The lowest BCUT2D eigenvalue weighted by atomic mass is 10.2. The minimum absolute atomic E-state index is 0.0960. The van der Waals surface area contributed by atoms with Crippen molar-refractivity contribution in [3.05, 3.63) is 29.8 Å². The van der Waals surface area contributed by atoms with Crippen molar-refractivity contribution in [2.24, 2.45) is 0 Å². The maximum absolute atomic E-state index is 12.0. The second-order valence-corrected chi connectivity index (χ2v) is 5.66. The number of benzene rings is 1. The zero-order valence-corrected chi connectivity index (χ0v) is 11.7. The van der Waals surface area contributed by atoms with Crippen LogP contribution in [0.1, 0.15) is 29.6 Å². The highest BCUT2D eigenvalue weighted by Crippen LogP contribution is 2.29. The molecular weight excluding hydrogens is 270 g/mol. The lowest BCUT2D eigenvalue weighted by Crippen LogP contribution is -2.40. The van der Waals surface area contributed by atoms with Crippen LogP contribution in [0.4, 0.5) is 10.5 Å². The number of nitrogens with one attached hydrogen (secondary N) is 2. The fourth-order valence-corrected chi connectivity index (χ4v) is 2.80. The quantitative estimate of drug-likeness (QED) is 0.788. The van der Waals surface area contributed by atoms with Crippen molar-refractivity contribution in [2.75, 3.05) is 18.4 Å². The van der Waals surface area contributed by atoms with E-state index in [1.54, 1.807) is 18.2 Å². The molecule has 2 fully saturated rings. The number of aromatic carboxylic acids is 1. The molecule has 1 saturated heterocycles. The highest BCUT2D eigenvalue weighted by atomic mass is 16.4. The molecule has 1 aliphatic heterocycles. The van der Waals surface area contributed by atoms with Gasteiger partial charge in [0.15, 0.2) is 0 Å². The van der Waals surface area contributed by atoms with Crippen LogP contribution in [0.2, 0.25) is 0 Å². The number of hydrogen-bond donors (Lipinski definition) is 3. The van der Waals surface area contributed by atoms with Crippen LogP contribution in [-0.2, 0) is 0 Å². The number of rotatable bonds is 4. The summed E-state index contributed by atoms with van der Waals surface area (Å²) in [7, 11) is 0. The highest BCUT2D eigenvalue weighted by molar-refractivity contribution is 6.00. The number of hydrogen-bond acceptors (Lipinski definition) is 3. The first-order chi connectivity index (χ1) is 10.1. The van der Waals surface area contributed by atoms with Crippen LogP contribution in [-0.4, -0.2) is 47.2 Å². The van der Waals surface area contributed by atoms with Gasteiger partial charge in [0.1, 0.15) is 0 Å². The molecule has 1 atom stereocenters. The van der Waals surface area contributed by atoms with E-state index >= 15 is 0 Å². The molecule has 1 saturated carbocycles. The Kier molecular flexibility index (Phi) is 3.79. The Balaban J connectivity index is 1.56. The van der Waals surface area contributed by atoms with E-state index in [-0.39, 0.29) is 17.6 Å². The van der Waals surface area contributed by atoms with E-state index in [1.807, 2.05) is 0 Å². The first-order valence-corrected chi connectivity index (χ1v) is 7.27. The first kappa shape index (κ1) is 13.9. The van der Waals surface area contributed by atoms with Crippen molar-refractivity contribution < 1.29 is 14.7 Å². The lowest BCUT2D eigenvalue weighted by molar-refractivity contribution is 0.0698. The number of nitrogens with zero attached hydrogens (tertiary/aromatic N) is 1. The molecule has 3 rings (SSSR count). The topological polar surface area (TPSA) is 81.7 Å². The molecule has 21 heavy (non-hydrogen) atoms. The number of anilines is 1. The van der Waals surface area contributed by atoms with Crippen LogP contribution in [0.5, 0.6) is 0 Å². The van der Waals surface area contributed by atoms with Crippen molar-refractivity contribution in [3.63, 3.8) is 0 Å². The van der Waals surface area contributed by atoms with E-state index in [0.29, 0.717) is 11.7 Å². The summed E-state index contributed by atoms with van der Waals surface area (Å²) >= 11 is 0. The standard InChI is InChI=1S/C15H19N3O3/c19-14(20)12-3-1-2-4-13(12)17-15(21)16-10-7-8-18(9-10)11-5-6-11/h1-4,10-11H,5-9H2,(H,19,20)(H2,16,17,21). The maximum Gasteiger partial charge on any atom is 0.337 e. The molecule has 6 heteroatoms. The molecule has 0 radical (unpaired) electrons. The van der Waals surface area contributed by atoms with Gasteiger partial charge in [-0.05, 0) is 31.4 Å². The van der Waals surface area contributed by atoms with E-state index in [9.17, 15) is 9.59 Å². The zero-order chi connectivity index (χ0) is 14.8. The summed E-state index contributed by atoms with van der Waals surface area (Å²) in [6.45, 7) is 1.92. The van der Waals surface area contributed by atoms with Gasteiger partial charge in [-0.15, -0.1) is 0 Å². The van der Waals surface area contributed by atoms with Crippen LogP contribution in [0.3, 0.4) is 0 Å². The summed E-state index contributed by atoms with van der Waals surface area (Å²) < 4.78 is 0. The van der Waals surface area contributed by atoms with Gasteiger partial charge in [0, 0.05) is 25.2 Å². The van der Waals surface area contributed by atoms with Crippen LogP contribution in [0, 0.1) is 0 Å². The average molecular weight is 289 g/mol. The smallest absolute Gasteiger partial charge is 0.337 e. The summed E-state index contributed by atoms with van der Waals surface area (Å²) in [5, 5.41) is 14.6. The second-order valence-electron chi connectivity index (χ2n) is 5.66. The number of amides is 2. The van der Waals surface area contributed by atoms with Crippen molar-refractivity contribution >= 4 is 17.7 Å². The van der Waals surface area contributed by atoms with E-state index < -0.39 is 5.97 Å². The van der Waals surface area contributed by atoms with Crippen molar-refractivity contribution in [2.45, 2.75) is 31.3 Å². The predicted molar refractivity (Wildman–Crippen MR) is 78.6 cm³/mol. The second kappa shape index (κ2) is 5.73. The van der Waals surface area contributed by atoms with Crippen LogP contribution in [0.15, 0.2) is 24.3 Å². The van der Waals surface area contributed by atoms with E-state index in [1.165, 1.54) is 18.9 Å². The third kappa shape index (κ3) is 3.33. The van der Waals surface area contributed by atoms with Gasteiger partial charge >= 0.3 is 12.0 Å². The zero-order valence-electron chi connectivity index (χ0n) is 11.7. The summed E-state index contributed by atoms with van der Waals surface area (Å²) in [5.74, 6) is -1.05. The molecule has 0 aromatic heterocycles. The average Bonchev–Trinajstić information content (AvgIpc) is 3.20. The Labute approximate surface area is 123 Å². The Morgan fingerprint density at radius 3 is 2.67 bits per heavy atom. The molecular formula is C15H19N3O3. The molecule has 0 spiro atoms. The van der Waals surface area contributed by atoms with Gasteiger partial charge in [-0.25, -0.2) is 9.59 Å². The predicted octanol–water partition coefficient (Wildman–Crippen LogP) is 1.74. The monoisotopic (exact) mass is 289 g/mol. The number of likely N-dealkylation sites (tertiary alicyclic amines) is 1. The molecule has 1 aliphatic carbocycles. The van der Waals surface area contributed by atoms with Gasteiger partial charge < -0.3 is 15.7 Å². The van der Waals surface area contributed by atoms with Gasteiger partial charge in [-0.3, -0.25) is 4.90 Å². The Morgan fingerprint density at radius 2 is 1.95 bits per heavy atom. The molecule has 1 aromatic carbocycles. The maximum atomic E-state index is 12.0. The Bertz CT molecular complexity index is 557. The number of carboxylic acid groups (broad SMARTS) is 1. The van der Waals surface area contributed by atoms with Crippen LogP contribution < -0.4 is 10.6 Å². The number of urea groups is 1. The molecule has 1 unspecified atom stereocenters. The summed E-state index contributed by atoms with van der Waals surface area (Å²) in [4.78, 5) is 25.5. The molecule has 3 N–H and O–H groups in total. The van der Waals surface area contributed by atoms with Gasteiger partial charge in [0.25, 0.3) is 0 Å². The third-order valence-corrected chi connectivity index (χ3v) is 4.02. The SMILES string of the molecule is O=C(Nc1ccccc1C(=O)O)NC1CCN(C2CC2)C1. The molecule has 1 heterocycles. The van der Waals surface area contributed by atoms with Crippen LogP contribution in [0.25, 0.3) is 0 Å². The fraction of sp³-hybridized carbons (Fsp3) is 0.467. The number of carboxylic acids is 1. The van der Waals surface area contributed by atoms with Gasteiger partial charge in [-0.1, -0.05) is 12.1 Å². The number of para-hydroxylation sites is 1. The van der Waals surface area contributed by atoms with E-state index in [2.05, 4.69) is 15.5 Å². The summed E-state index contributed by atoms with van der Waals surface area (Å²) in [5.41, 5.74) is 0.415. The first-order valence-electron chi connectivity index (χ1n) is 7.27. The van der Waals surface area contributed by atoms with Gasteiger partial charge in [-0.2, -0.15) is 0 Å². The minimum atomic E-state index is -1.05. The molecule has 0 bridgehead atoms. The molecule has 112 valence electrons. The normalized spacial score (nSPS) is 22.0. The molecule has 6 nitrogen and oxygen atoms in total. The molecule has 1 aromatic rings. The molecule has 2 amide bonds. The van der Waals surface area contributed by atoms with Gasteiger partial charge in [0.2, 0.25) is 0 Å². The lowest BCUT2D eigenvalue weighted by Gasteiger charge is -2.16. The highest BCUT2D eigenvalue weighted by Gasteiger charge is 2.34. The fourth-order valence-electron chi connectivity index (χ4n) is 2.80. The van der Waals surface area contributed by atoms with Crippen molar-refractivity contribution in [1.82, 2.24) is 10.2 Å². The third-order valence-electron chi connectivity index (χ3n) is 4.02. The summed E-state index contributed by atoms with van der Waals surface area (Å²) in [6, 6.07) is 6.92. The van der Waals surface area contributed by atoms with E-state index in [4.69, 9.17) is 5.11 Å². The Hall–Kier alpha value is -2.08. The Morgan fingerprint density at radius 1 is 1.19 bits per heavy atom. The largest absolute Gasteiger partial charge is 0.478 e. The van der Waals surface area contributed by atoms with Crippen LogP contribution >= 0.6 is 0 Å². The molecule has 2 aliphatic rings.